The van der Waals surface area contributed by atoms with Gasteiger partial charge in [0.15, 0.2) is 28.8 Å². The Labute approximate surface area is 223 Å². The van der Waals surface area contributed by atoms with Crippen LogP contribution in [0.4, 0.5) is 0 Å². The molecule has 0 spiro atoms. The first kappa shape index (κ1) is 27.9. The molecule has 3 rings (SSSR count). The fraction of sp³-hybridized carbons (Fsp3) is 0.156. The molecule has 0 unspecified atom stereocenters. The van der Waals surface area contributed by atoms with Crippen molar-refractivity contribution >= 4 is 24.0 Å². The topological polar surface area (TPSA) is 74.2 Å². The summed E-state index contributed by atoms with van der Waals surface area (Å²) in [7, 11) is 6.25. The first-order valence-electron chi connectivity index (χ1n) is 12.0. The molecular formula is C32H32O6. The highest BCUT2D eigenvalue weighted by Crippen LogP contribution is 2.29. The normalized spacial score (nSPS) is 12.1. The largest absolute Gasteiger partial charge is 0.508 e. The van der Waals surface area contributed by atoms with Crippen LogP contribution in [0.3, 0.4) is 0 Å². The molecule has 0 aliphatic carbocycles. The number of rotatable bonds is 12. The monoisotopic (exact) mass is 512 g/mol. The number of ketones is 1. The fourth-order valence-corrected chi connectivity index (χ4v) is 3.67. The van der Waals surface area contributed by atoms with Gasteiger partial charge in [0.05, 0.1) is 28.4 Å². The van der Waals surface area contributed by atoms with Crippen molar-refractivity contribution in [1.29, 1.82) is 0 Å². The van der Waals surface area contributed by atoms with E-state index in [0.29, 0.717) is 23.0 Å². The van der Waals surface area contributed by atoms with Gasteiger partial charge in [-0.1, -0.05) is 66.8 Å². The molecule has 0 fully saturated rings. The minimum absolute atomic E-state index is 0.126. The number of ether oxygens (including phenoxy) is 4. The van der Waals surface area contributed by atoms with E-state index in [9.17, 15) is 9.90 Å². The summed E-state index contributed by atoms with van der Waals surface area (Å²) in [5, 5.41) is 10.9. The van der Waals surface area contributed by atoms with Crippen molar-refractivity contribution in [3.8, 4) is 23.0 Å². The summed E-state index contributed by atoms with van der Waals surface area (Å²) < 4.78 is 21.2. The average molecular weight is 513 g/mol. The summed E-state index contributed by atoms with van der Waals surface area (Å²) in [6.45, 7) is 0. The number of hydrogen-bond donors (Lipinski definition) is 1. The summed E-state index contributed by atoms with van der Waals surface area (Å²) in [6.07, 6.45) is 10.3. The van der Waals surface area contributed by atoms with Gasteiger partial charge in [0.2, 0.25) is 0 Å². The second kappa shape index (κ2) is 14.1. The molecule has 0 aliphatic heterocycles. The van der Waals surface area contributed by atoms with Crippen molar-refractivity contribution in [2.24, 2.45) is 0 Å². The number of hydrogen-bond acceptors (Lipinski definition) is 6. The van der Waals surface area contributed by atoms with Gasteiger partial charge in [-0.2, -0.15) is 0 Å². The van der Waals surface area contributed by atoms with Gasteiger partial charge >= 0.3 is 0 Å². The maximum Gasteiger partial charge on any atom is 0.185 e. The lowest BCUT2D eigenvalue weighted by molar-refractivity contribution is -0.111. The van der Waals surface area contributed by atoms with Crippen LogP contribution in [0.1, 0.15) is 23.1 Å². The van der Waals surface area contributed by atoms with Crippen LogP contribution in [0.15, 0.2) is 96.3 Å². The Hall–Kier alpha value is -4.71. The molecule has 0 radical (unpaired) electrons. The van der Waals surface area contributed by atoms with E-state index < -0.39 is 0 Å². The standard InChI is InChI=1S/C32H32O6/c1-35-29-19-15-24(21-31(29)37-3)13-17-27(33)26(12-8-11-23-9-6-5-7-10-23)28(34)18-14-25-16-20-30(36-2)32(22-25)38-4/h5-11,13-22,33H,12H2,1-4H3/b11-8+,17-13+,18-14+,27-26-. The lowest BCUT2D eigenvalue weighted by atomic mass is 10.0. The maximum atomic E-state index is 13.2. The molecule has 0 saturated carbocycles. The van der Waals surface area contributed by atoms with Crippen LogP contribution in [-0.4, -0.2) is 39.3 Å². The van der Waals surface area contributed by atoms with Gasteiger partial charge in [0, 0.05) is 5.57 Å². The summed E-state index contributed by atoms with van der Waals surface area (Å²) in [4.78, 5) is 13.2. The number of methoxy groups -OCH3 is 4. The van der Waals surface area contributed by atoms with E-state index in [-0.39, 0.29) is 23.5 Å². The van der Waals surface area contributed by atoms with Gasteiger partial charge in [0.1, 0.15) is 5.76 Å². The van der Waals surface area contributed by atoms with Crippen molar-refractivity contribution in [2.75, 3.05) is 28.4 Å². The van der Waals surface area contributed by atoms with E-state index in [1.807, 2.05) is 54.6 Å². The predicted molar refractivity (Wildman–Crippen MR) is 152 cm³/mol. The lowest BCUT2D eigenvalue weighted by Crippen LogP contribution is -2.02. The van der Waals surface area contributed by atoms with E-state index in [4.69, 9.17) is 18.9 Å². The van der Waals surface area contributed by atoms with Crippen molar-refractivity contribution in [1.82, 2.24) is 0 Å². The van der Waals surface area contributed by atoms with Gasteiger partial charge in [0.25, 0.3) is 0 Å². The number of aliphatic hydroxyl groups is 1. The highest BCUT2D eigenvalue weighted by Gasteiger charge is 2.11. The number of benzene rings is 3. The molecule has 6 nitrogen and oxygen atoms in total. The number of carbonyl (C=O) groups is 1. The summed E-state index contributed by atoms with van der Waals surface area (Å²) in [5.74, 6) is 1.89. The Morgan fingerprint density at radius 1 is 0.658 bits per heavy atom. The molecule has 0 bridgehead atoms. The highest BCUT2D eigenvalue weighted by atomic mass is 16.5. The SMILES string of the molecule is COc1ccc(/C=C/C(=O)/C(C/C=C/c2ccccc2)=C(O)/C=C/c2ccc(OC)c(OC)c2)cc1OC. The molecule has 0 aromatic heterocycles. The lowest BCUT2D eigenvalue weighted by Gasteiger charge is -2.08. The molecule has 0 aliphatic rings. The van der Waals surface area contributed by atoms with Crippen molar-refractivity contribution < 1.29 is 28.8 Å². The molecule has 38 heavy (non-hydrogen) atoms. The van der Waals surface area contributed by atoms with E-state index >= 15 is 0 Å². The summed E-state index contributed by atoms with van der Waals surface area (Å²) in [5.41, 5.74) is 2.79. The second-order valence-electron chi connectivity index (χ2n) is 8.14. The zero-order valence-electron chi connectivity index (χ0n) is 22.0. The van der Waals surface area contributed by atoms with Crippen molar-refractivity contribution in [3.05, 3.63) is 113 Å². The molecule has 0 atom stereocenters. The highest BCUT2D eigenvalue weighted by molar-refractivity contribution is 6.07. The van der Waals surface area contributed by atoms with Gasteiger partial charge in [-0.05, 0) is 59.5 Å². The molecular weight excluding hydrogens is 480 g/mol. The number of carbonyl (C=O) groups excluding carboxylic acids is 1. The first-order chi connectivity index (χ1) is 18.5. The molecule has 0 amide bonds. The van der Waals surface area contributed by atoms with Crippen LogP contribution < -0.4 is 18.9 Å². The van der Waals surface area contributed by atoms with Crippen LogP contribution in [0.5, 0.6) is 23.0 Å². The van der Waals surface area contributed by atoms with Gasteiger partial charge in [-0.25, -0.2) is 0 Å². The van der Waals surface area contributed by atoms with E-state index in [0.717, 1.165) is 16.7 Å². The minimum atomic E-state index is -0.313. The van der Waals surface area contributed by atoms with Crippen LogP contribution >= 0.6 is 0 Å². The minimum Gasteiger partial charge on any atom is -0.508 e. The Bertz CT molecular complexity index is 1350. The summed E-state index contributed by atoms with van der Waals surface area (Å²) in [6, 6.07) is 20.5. The Morgan fingerprint density at radius 2 is 1.18 bits per heavy atom. The van der Waals surface area contributed by atoms with Gasteiger partial charge in [-0.15, -0.1) is 0 Å². The van der Waals surface area contributed by atoms with Crippen LogP contribution in [0, 0.1) is 0 Å². The van der Waals surface area contributed by atoms with Crippen LogP contribution in [0.2, 0.25) is 0 Å². The summed E-state index contributed by atoms with van der Waals surface area (Å²) >= 11 is 0. The molecule has 1 N–H and O–H groups in total. The predicted octanol–water partition coefficient (Wildman–Crippen LogP) is 6.93. The Balaban J connectivity index is 1.89. The van der Waals surface area contributed by atoms with E-state index in [1.54, 1.807) is 64.9 Å². The molecule has 6 heteroatoms. The Morgan fingerprint density at radius 3 is 1.71 bits per heavy atom. The third-order valence-corrected chi connectivity index (χ3v) is 5.71. The smallest absolute Gasteiger partial charge is 0.185 e. The third-order valence-electron chi connectivity index (χ3n) is 5.71. The van der Waals surface area contributed by atoms with Crippen molar-refractivity contribution in [2.45, 2.75) is 6.42 Å². The first-order valence-corrected chi connectivity index (χ1v) is 12.0. The van der Waals surface area contributed by atoms with E-state index in [1.165, 1.54) is 12.2 Å². The number of aliphatic hydroxyl groups excluding tert-OH is 1. The molecule has 0 saturated heterocycles. The molecule has 0 heterocycles. The van der Waals surface area contributed by atoms with Gasteiger partial charge in [-0.3, -0.25) is 4.79 Å². The third kappa shape index (κ3) is 7.64. The molecule has 3 aromatic carbocycles. The number of allylic oxidation sites excluding steroid dienone is 4. The quantitative estimate of drug-likeness (QED) is 0.161. The maximum absolute atomic E-state index is 13.2. The Kier molecular flexibility index (Phi) is 10.4. The van der Waals surface area contributed by atoms with Gasteiger partial charge < -0.3 is 24.1 Å². The second-order valence-corrected chi connectivity index (χ2v) is 8.14. The zero-order chi connectivity index (χ0) is 27.3. The average Bonchev–Trinajstić information content (AvgIpc) is 2.96. The fourth-order valence-electron chi connectivity index (χ4n) is 3.67. The zero-order valence-corrected chi connectivity index (χ0v) is 22.0. The van der Waals surface area contributed by atoms with E-state index in [2.05, 4.69) is 0 Å². The van der Waals surface area contributed by atoms with Crippen LogP contribution in [-0.2, 0) is 4.79 Å². The molecule has 3 aromatic rings. The van der Waals surface area contributed by atoms with Crippen LogP contribution in [0.25, 0.3) is 18.2 Å². The van der Waals surface area contributed by atoms with Crippen molar-refractivity contribution in [3.63, 3.8) is 0 Å². The molecule has 196 valence electrons.